The average Bonchev–Trinajstić information content (AvgIpc) is 2.61. The van der Waals surface area contributed by atoms with Gasteiger partial charge in [-0.15, -0.1) is 0 Å². The SMILES string of the molecule is O=C([O-])c1cccc(N2C(=O)c3cccc4c(Cl)ccc(c34)C2=O)c1. The normalized spacial score (nSPS) is 13.4. The van der Waals surface area contributed by atoms with E-state index in [9.17, 15) is 19.5 Å². The summed E-state index contributed by atoms with van der Waals surface area (Å²) in [6.07, 6.45) is 0. The second-order valence-electron chi connectivity index (χ2n) is 5.61. The predicted molar refractivity (Wildman–Crippen MR) is 90.9 cm³/mol. The van der Waals surface area contributed by atoms with E-state index in [1.807, 2.05) is 0 Å². The molecular weight excluding hydrogens is 342 g/mol. The molecule has 0 saturated heterocycles. The van der Waals surface area contributed by atoms with Crippen molar-refractivity contribution in [3.05, 3.63) is 76.3 Å². The zero-order valence-electron chi connectivity index (χ0n) is 12.7. The number of carboxylic acids is 1. The fourth-order valence-electron chi connectivity index (χ4n) is 3.07. The summed E-state index contributed by atoms with van der Waals surface area (Å²) in [5.41, 5.74) is 0.745. The van der Waals surface area contributed by atoms with Gasteiger partial charge in [-0.3, -0.25) is 9.59 Å². The summed E-state index contributed by atoms with van der Waals surface area (Å²) in [5, 5.41) is 12.7. The molecule has 0 spiro atoms. The van der Waals surface area contributed by atoms with Gasteiger partial charge in [-0.2, -0.15) is 0 Å². The van der Waals surface area contributed by atoms with Crippen LogP contribution in [0.3, 0.4) is 0 Å². The van der Waals surface area contributed by atoms with Gasteiger partial charge in [-0.05, 0) is 35.9 Å². The van der Waals surface area contributed by atoms with Crippen molar-refractivity contribution in [1.29, 1.82) is 0 Å². The van der Waals surface area contributed by atoms with Gasteiger partial charge >= 0.3 is 0 Å². The maximum atomic E-state index is 12.9. The molecule has 3 aromatic carbocycles. The van der Waals surface area contributed by atoms with Gasteiger partial charge in [0.2, 0.25) is 0 Å². The zero-order valence-corrected chi connectivity index (χ0v) is 13.4. The molecular formula is C19H9ClNO4-. The van der Waals surface area contributed by atoms with Gasteiger partial charge in [-0.25, -0.2) is 4.90 Å². The van der Waals surface area contributed by atoms with E-state index >= 15 is 0 Å². The summed E-state index contributed by atoms with van der Waals surface area (Å²) >= 11 is 6.18. The molecule has 0 fully saturated rings. The van der Waals surface area contributed by atoms with E-state index in [1.54, 1.807) is 30.3 Å². The number of hydrogen-bond acceptors (Lipinski definition) is 4. The molecule has 0 bridgehead atoms. The molecule has 0 atom stereocenters. The van der Waals surface area contributed by atoms with E-state index in [-0.39, 0.29) is 11.3 Å². The Balaban J connectivity index is 1.96. The molecule has 0 saturated carbocycles. The highest BCUT2D eigenvalue weighted by molar-refractivity contribution is 6.40. The van der Waals surface area contributed by atoms with Crippen LogP contribution in [-0.4, -0.2) is 17.8 Å². The number of carboxylic acid groups (broad SMARTS) is 1. The molecule has 0 aromatic heterocycles. The summed E-state index contributed by atoms with van der Waals surface area (Å²) < 4.78 is 0. The van der Waals surface area contributed by atoms with Crippen LogP contribution < -0.4 is 10.0 Å². The molecule has 3 aromatic rings. The topological polar surface area (TPSA) is 77.5 Å². The van der Waals surface area contributed by atoms with Crippen LogP contribution in [0.2, 0.25) is 5.02 Å². The van der Waals surface area contributed by atoms with E-state index in [0.717, 1.165) is 4.90 Å². The third-order valence-electron chi connectivity index (χ3n) is 4.19. The van der Waals surface area contributed by atoms with Gasteiger partial charge in [0.05, 0.1) is 11.7 Å². The monoisotopic (exact) mass is 350 g/mol. The standard InChI is InChI=1S/C19H10ClNO4/c20-15-8-7-14-16-12(15)5-2-6-13(16)17(22)21(18(14)23)11-4-1-3-10(9-11)19(24)25/h1-9H,(H,24,25)/p-1. The van der Waals surface area contributed by atoms with Crippen molar-refractivity contribution >= 4 is 45.8 Å². The van der Waals surface area contributed by atoms with Crippen molar-refractivity contribution in [2.24, 2.45) is 0 Å². The number of anilines is 1. The Hall–Kier alpha value is -3.18. The van der Waals surface area contributed by atoms with E-state index in [0.29, 0.717) is 26.9 Å². The quantitative estimate of drug-likeness (QED) is 0.666. The third-order valence-corrected chi connectivity index (χ3v) is 4.52. The minimum absolute atomic E-state index is 0.113. The van der Waals surface area contributed by atoms with Crippen LogP contribution >= 0.6 is 11.6 Å². The van der Waals surface area contributed by atoms with Gasteiger partial charge in [-0.1, -0.05) is 35.9 Å². The molecule has 0 unspecified atom stereocenters. The fourth-order valence-corrected chi connectivity index (χ4v) is 3.29. The number of carbonyl (C=O) groups is 3. The number of nitrogens with zero attached hydrogens (tertiary/aromatic N) is 1. The first kappa shape index (κ1) is 15.4. The Bertz CT molecular complexity index is 1070. The van der Waals surface area contributed by atoms with Crippen molar-refractivity contribution < 1.29 is 19.5 Å². The number of carbonyl (C=O) groups excluding carboxylic acids is 3. The summed E-state index contributed by atoms with van der Waals surface area (Å²) in [5.74, 6) is -2.44. The van der Waals surface area contributed by atoms with Crippen molar-refractivity contribution in [3.8, 4) is 0 Å². The molecule has 2 amide bonds. The Kier molecular flexibility index (Phi) is 3.33. The van der Waals surface area contributed by atoms with Crippen LogP contribution in [-0.2, 0) is 0 Å². The maximum Gasteiger partial charge on any atom is 0.265 e. The van der Waals surface area contributed by atoms with E-state index in [4.69, 9.17) is 11.6 Å². The molecule has 25 heavy (non-hydrogen) atoms. The minimum atomic E-state index is -1.38. The van der Waals surface area contributed by atoms with E-state index < -0.39 is 17.8 Å². The number of aromatic carboxylic acids is 1. The first-order valence-corrected chi connectivity index (χ1v) is 7.78. The fraction of sp³-hybridized carbons (Fsp3) is 0. The van der Waals surface area contributed by atoms with Crippen molar-refractivity contribution in [1.82, 2.24) is 0 Å². The van der Waals surface area contributed by atoms with Crippen LogP contribution in [0.15, 0.2) is 54.6 Å². The summed E-state index contributed by atoms with van der Waals surface area (Å²) in [7, 11) is 0. The lowest BCUT2D eigenvalue weighted by Crippen LogP contribution is -2.40. The smallest absolute Gasteiger partial charge is 0.265 e. The van der Waals surface area contributed by atoms with Crippen LogP contribution in [0.4, 0.5) is 5.69 Å². The zero-order chi connectivity index (χ0) is 17.7. The predicted octanol–water partition coefficient (Wildman–Crippen LogP) is 2.66. The van der Waals surface area contributed by atoms with Gasteiger partial charge in [0.25, 0.3) is 11.8 Å². The summed E-state index contributed by atoms with van der Waals surface area (Å²) in [4.78, 5) is 37.9. The lowest BCUT2D eigenvalue weighted by atomic mass is 9.93. The number of benzene rings is 3. The van der Waals surface area contributed by atoms with Crippen LogP contribution in [0, 0.1) is 0 Å². The van der Waals surface area contributed by atoms with Crippen LogP contribution in [0.25, 0.3) is 10.8 Å². The van der Waals surface area contributed by atoms with Crippen LogP contribution in [0.1, 0.15) is 31.1 Å². The van der Waals surface area contributed by atoms with E-state index in [1.165, 1.54) is 24.3 Å². The Morgan fingerprint density at radius 2 is 1.60 bits per heavy atom. The highest BCUT2D eigenvalue weighted by atomic mass is 35.5. The highest BCUT2D eigenvalue weighted by Gasteiger charge is 2.34. The van der Waals surface area contributed by atoms with E-state index in [2.05, 4.69) is 0 Å². The van der Waals surface area contributed by atoms with Crippen molar-refractivity contribution in [3.63, 3.8) is 0 Å². The lowest BCUT2D eigenvalue weighted by Gasteiger charge is -2.27. The van der Waals surface area contributed by atoms with Crippen LogP contribution in [0.5, 0.6) is 0 Å². The molecule has 4 rings (SSSR count). The van der Waals surface area contributed by atoms with Gasteiger partial charge in [0.1, 0.15) is 0 Å². The minimum Gasteiger partial charge on any atom is -0.545 e. The second kappa shape index (κ2) is 5.43. The first-order chi connectivity index (χ1) is 12.0. The Morgan fingerprint density at radius 3 is 2.32 bits per heavy atom. The molecule has 5 nitrogen and oxygen atoms in total. The molecule has 0 radical (unpaired) electrons. The van der Waals surface area contributed by atoms with Gasteiger partial charge < -0.3 is 9.90 Å². The lowest BCUT2D eigenvalue weighted by molar-refractivity contribution is -0.255. The van der Waals surface area contributed by atoms with Crippen molar-refractivity contribution in [2.45, 2.75) is 0 Å². The third kappa shape index (κ3) is 2.21. The van der Waals surface area contributed by atoms with Crippen molar-refractivity contribution in [2.75, 3.05) is 4.90 Å². The molecule has 0 aliphatic carbocycles. The highest BCUT2D eigenvalue weighted by Crippen LogP contribution is 2.35. The molecule has 1 aliphatic rings. The molecule has 1 heterocycles. The number of rotatable bonds is 2. The Labute approximate surface area is 147 Å². The number of imide groups is 1. The maximum absolute atomic E-state index is 12.9. The molecule has 1 aliphatic heterocycles. The summed E-state index contributed by atoms with van der Waals surface area (Å²) in [6, 6.07) is 13.8. The molecule has 122 valence electrons. The Morgan fingerprint density at radius 1 is 0.920 bits per heavy atom. The van der Waals surface area contributed by atoms with Gasteiger partial charge in [0.15, 0.2) is 0 Å². The number of hydrogen-bond donors (Lipinski definition) is 0. The van der Waals surface area contributed by atoms with Gasteiger partial charge in [0, 0.05) is 26.9 Å². The second-order valence-corrected chi connectivity index (χ2v) is 6.01. The molecule has 6 heteroatoms. The number of halogens is 1. The summed E-state index contributed by atoms with van der Waals surface area (Å²) in [6.45, 7) is 0. The average molecular weight is 351 g/mol. The first-order valence-electron chi connectivity index (χ1n) is 7.40. The number of amides is 2. The largest absolute Gasteiger partial charge is 0.545 e. The molecule has 0 N–H and O–H groups in total.